The van der Waals surface area contributed by atoms with Gasteiger partial charge >= 0.3 is 5.97 Å². The number of piperidine rings is 1. The number of nitrogens with zero attached hydrogens (tertiary/aromatic N) is 3. The van der Waals surface area contributed by atoms with Gasteiger partial charge in [0.2, 0.25) is 0 Å². The summed E-state index contributed by atoms with van der Waals surface area (Å²) in [4.78, 5) is 32.7. The lowest BCUT2D eigenvalue weighted by molar-refractivity contribution is -0.143. The summed E-state index contributed by atoms with van der Waals surface area (Å²) in [7, 11) is 0. The van der Waals surface area contributed by atoms with Crippen LogP contribution >= 0.6 is 0 Å². The molecule has 178 valence electrons. The van der Waals surface area contributed by atoms with Crippen molar-refractivity contribution in [3.63, 3.8) is 0 Å². The molecule has 5 aliphatic rings. The zero-order chi connectivity index (χ0) is 23.4. The third-order valence-corrected chi connectivity index (χ3v) is 8.56. The highest BCUT2D eigenvalue weighted by Crippen LogP contribution is 2.62. The Morgan fingerprint density at radius 2 is 1.88 bits per heavy atom. The third kappa shape index (κ3) is 3.41. The zero-order valence-corrected chi connectivity index (χ0v) is 19.9. The molecule has 3 unspecified atom stereocenters. The molecule has 0 N–H and O–H groups in total. The van der Waals surface area contributed by atoms with E-state index in [0.717, 1.165) is 23.9 Å². The van der Waals surface area contributed by atoms with Gasteiger partial charge < -0.3 is 14.2 Å². The maximum Gasteiger partial charge on any atom is 0.305 e. The molecule has 5 fully saturated rings. The summed E-state index contributed by atoms with van der Waals surface area (Å²) in [6.07, 6.45) is 9.52. The van der Waals surface area contributed by atoms with E-state index in [1.165, 1.54) is 24.8 Å². The largest absolute Gasteiger partial charge is 0.466 e. The van der Waals surface area contributed by atoms with Crippen molar-refractivity contribution in [2.75, 3.05) is 6.61 Å². The number of carbonyl (C=O) groups is 1. The van der Waals surface area contributed by atoms with Crippen LogP contribution in [0.15, 0.2) is 53.0 Å². The van der Waals surface area contributed by atoms with E-state index in [2.05, 4.69) is 17.7 Å². The molecule has 3 aliphatic carbocycles. The molecule has 6 nitrogen and oxygen atoms in total. The van der Waals surface area contributed by atoms with Gasteiger partial charge in [-0.05, 0) is 69.6 Å². The van der Waals surface area contributed by atoms with E-state index >= 15 is 0 Å². The maximum absolute atomic E-state index is 13.7. The summed E-state index contributed by atoms with van der Waals surface area (Å²) in [5.41, 5.74) is 5.38. The van der Waals surface area contributed by atoms with E-state index in [4.69, 9.17) is 9.72 Å². The van der Waals surface area contributed by atoms with Crippen LogP contribution in [-0.2, 0) is 16.0 Å². The van der Waals surface area contributed by atoms with Crippen LogP contribution < -0.4 is 5.56 Å². The molecule has 34 heavy (non-hydrogen) atoms. The number of aryl methyl sites for hydroxylation is 1. The fraction of sp³-hybridized carbons (Fsp3) is 0.536. The summed E-state index contributed by atoms with van der Waals surface area (Å²) in [6.45, 7) is 6.39. The van der Waals surface area contributed by atoms with Gasteiger partial charge in [-0.2, -0.15) is 0 Å². The number of carbonyl (C=O) groups excluding carboxylic acids is 1. The predicted octanol–water partition coefficient (Wildman–Crippen LogP) is 4.54. The Bertz CT molecular complexity index is 1220. The first kappa shape index (κ1) is 21.6. The van der Waals surface area contributed by atoms with Crippen LogP contribution in [0.3, 0.4) is 0 Å². The van der Waals surface area contributed by atoms with Gasteiger partial charge in [-0.15, -0.1) is 0 Å². The van der Waals surface area contributed by atoms with Crippen molar-refractivity contribution in [2.45, 2.75) is 76.4 Å². The number of para-hydroxylation sites is 2. The summed E-state index contributed by atoms with van der Waals surface area (Å²) in [5, 5.41) is 0. The molecule has 0 spiro atoms. The first-order valence-corrected chi connectivity index (χ1v) is 12.9. The molecule has 3 heterocycles. The van der Waals surface area contributed by atoms with Gasteiger partial charge in [-0.3, -0.25) is 9.59 Å². The summed E-state index contributed by atoms with van der Waals surface area (Å²) >= 11 is 0. The highest BCUT2D eigenvalue weighted by molar-refractivity contribution is 5.75. The van der Waals surface area contributed by atoms with Gasteiger partial charge in [0.05, 0.1) is 17.6 Å². The molecule has 3 saturated carbocycles. The lowest BCUT2D eigenvalue weighted by atomic mass is 9.49. The highest BCUT2D eigenvalue weighted by Gasteiger charge is 2.52. The number of rotatable bonds is 7. The van der Waals surface area contributed by atoms with Crippen molar-refractivity contribution < 1.29 is 9.53 Å². The molecule has 0 amide bonds. The lowest BCUT2D eigenvalue weighted by Gasteiger charge is -2.56. The molecular weight excluding hydrogens is 426 g/mol. The van der Waals surface area contributed by atoms with Crippen molar-refractivity contribution in [2.24, 2.45) is 11.8 Å². The number of benzene rings is 1. The second kappa shape index (κ2) is 8.40. The fourth-order valence-corrected chi connectivity index (χ4v) is 6.63. The Hall–Kier alpha value is -2.89. The Morgan fingerprint density at radius 1 is 1.15 bits per heavy atom. The zero-order valence-electron chi connectivity index (χ0n) is 19.9. The molecule has 2 aliphatic heterocycles. The number of allylic oxidation sites excluding steroid dienone is 2. The van der Waals surface area contributed by atoms with E-state index < -0.39 is 0 Å². The fourth-order valence-electron chi connectivity index (χ4n) is 6.63. The summed E-state index contributed by atoms with van der Waals surface area (Å²) in [6, 6.07) is 9.15. The van der Waals surface area contributed by atoms with Crippen LogP contribution in [0.5, 0.6) is 0 Å². The Morgan fingerprint density at radius 3 is 2.56 bits per heavy atom. The molecule has 6 heteroatoms. The summed E-state index contributed by atoms with van der Waals surface area (Å²) in [5.74, 6) is 1.08. The van der Waals surface area contributed by atoms with Crippen LogP contribution in [0.1, 0.15) is 63.6 Å². The van der Waals surface area contributed by atoms with E-state index in [1.54, 1.807) is 5.57 Å². The quantitative estimate of drug-likeness (QED) is 0.449. The average molecular weight is 460 g/mol. The SMILES string of the molecule is C=C1C2CC1C2=CN1[C@@H]2CC[C@H]1CC(n1c(=O)c(CCCC(=O)OCC)nc3ccccc31)C2. The highest BCUT2D eigenvalue weighted by atomic mass is 16.5. The van der Waals surface area contributed by atoms with Crippen LogP contribution in [0.4, 0.5) is 0 Å². The molecule has 1 aromatic carbocycles. The molecular formula is C28H33N3O3. The number of fused-ring (bicyclic) bond motifs is 3. The minimum Gasteiger partial charge on any atom is -0.466 e. The van der Waals surface area contributed by atoms with Crippen LogP contribution in [0.25, 0.3) is 11.0 Å². The molecule has 1 aromatic heterocycles. The Balaban J connectivity index is 1.26. The first-order chi connectivity index (χ1) is 16.5. The van der Waals surface area contributed by atoms with E-state index in [9.17, 15) is 9.59 Å². The van der Waals surface area contributed by atoms with Crippen LogP contribution in [0.2, 0.25) is 0 Å². The number of aromatic nitrogens is 2. The predicted molar refractivity (Wildman–Crippen MR) is 131 cm³/mol. The third-order valence-electron chi connectivity index (χ3n) is 8.56. The topological polar surface area (TPSA) is 64.4 Å². The first-order valence-electron chi connectivity index (χ1n) is 12.9. The lowest BCUT2D eigenvalue weighted by Crippen LogP contribution is -2.48. The maximum atomic E-state index is 13.7. The van der Waals surface area contributed by atoms with Crippen molar-refractivity contribution in [1.82, 2.24) is 14.5 Å². The number of esters is 1. The molecule has 2 aromatic rings. The van der Waals surface area contributed by atoms with Crippen molar-refractivity contribution in [3.05, 3.63) is 64.2 Å². The minimum absolute atomic E-state index is 0.00954. The molecule has 4 bridgehead atoms. The van der Waals surface area contributed by atoms with Gasteiger partial charge in [0.15, 0.2) is 0 Å². The van der Waals surface area contributed by atoms with Crippen LogP contribution in [-0.4, -0.2) is 39.1 Å². The van der Waals surface area contributed by atoms with Crippen molar-refractivity contribution >= 4 is 17.0 Å². The smallest absolute Gasteiger partial charge is 0.305 e. The number of hydrogen-bond donors (Lipinski definition) is 0. The van der Waals surface area contributed by atoms with Crippen molar-refractivity contribution in [1.29, 1.82) is 0 Å². The average Bonchev–Trinajstić information content (AvgIpc) is 3.03. The number of ether oxygens (including phenoxy) is 1. The van der Waals surface area contributed by atoms with Crippen molar-refractivity contribution in [3.8, 4) is 0 Å². The standard InChI is InChI=1S/C28H33N3O3/c1-3-34-27(32)10-6-8-25-28(33)31(26-9-5-4-7-24(26)29-25)20-13-18-11-12-19(14-20)30(18)16-23-21-15-22(23)17(21)2/h4-5,7,9,16,18-22H,2-3,6,8,10-15H2,1H3/t18-,19+,20?,21?,22?. The van der Waals surface area contributed by atoms with E-state index in [0.29, 0.717) is 55.5 Å². The van der Waals surface area contributed by atoms with Gasteiger partial charge in [0.25, 0.3) is 5.56 Å². The molecule has 7 rings (SSSR count). The second-order valence-electron chi connectivity index (χ2n) is 10.4. The Kier molecular flexibility index (Phi) is 5.34. The number of hydrogen-bond acceptors (Lipinski definition) is 5. The molecule has 2 saturated heterocycles. The molecule has 0 radical (unpaired) electrons. The summed E-state index contributed by atoms with van der Waals surface area (Å²) < 4.78 is 7.07. The second-order valence-corrected chi connectivity index (χ2v) is 10.4. The van der Waals surface area contributed by atoms with Crippen LogP contribution in [0, 0.1) is 11.8 Å². The van der Waals surface area contributed by atoms with Gasteiger partial charge in [-0.25, -0.2) is 4.98 Å². The van der Waals surface area contributed by atoms with Gasteiger partial charge in [-0.1, -0.05) is 24.3 Å². The van der Waals surface area contributed by atoms with E-state index in [-0.39, 0.29) is 17.6 Å². The monoisotopic (exact) mass is 459 g/mol. The normalized spacial score (nSPS) is 29.1. The van der Waals surface area contributed by atoms with Gasteiger partial charge in [0.1, 0.15) is 5.69 Å². The van der Waals surface area contributed by atoms with E-state index in [1.807, 2.05) is 35.8 Å². The minimum atomic E-state index is -0.214. The Labute approximate surface area is 200 Å². The van der Waals surface area contributed by atoms with Gasteiger partial charge in [0, 0.05) is 42.6 Å². The molecule has 5 atom stereocenters.